The van der Waals surface area contributed by atoms with Gasteiger partial charge in [0.15, 0.2) is 6.04 Å². The van der Waals surface area contributed by atoms with E-state index >= 15 is 0 Å². The van der Waals surface area contributed by atoms with Crippen LogP contribution in [0.25, 0.3) is 11.1 Å². The zero-order chi connectivity index (χ0) is 39.4. The van der Waals surface area contributed by atoms with Gasteiger partial charge in [-0.05, 0) is 47.1 Å². The SMILES string of the molecule is C=CCC[C@H](NC(=O)OCC1c2ccccc2-c2ccccc21)C(=O)OC[C@@H](NC(=O)[C@H](CC=C)CC(=O)NCCOCCO)C(=O)OCc1ccccc1. The number of carbonyl (C=O) groups excluding carboxylic acids is 5. The lowest BCUT2D eigenvalue weighted by molar-refractivity contribution is -0.156. The van der Waals surface area contributed by atoms with Crippen LogP contribution < -0.4 is 16.0 Å². The van der Waals surface area contributed by atoms with Gasteiger partial charge in [0.1, 0.15) is 25.9 Å². The molecule has 1 aliphatic carbocycles. The summed E-state index contributed by atoms with van der Waals surface area (Å²) < 4.78 is 21.8. The minimum atomic E-state index is -1.45. The van der Waals surface area contributed by atoms with Gasteiger partial charge in [-0.15, -0.1) is 13.2 Å². The fraction of sp³-hybridized carbons (Fsp3) is 0.357. The molecule has 0 spiro atoms. The van der Waals surface area contributed by atoms with Crippen molar-refractivity contribution >= 4 is 29.8 Å². The quantitative estimate of drug-likeness (QED) is 0.0471. The summed E-state index contributed by atoms with van der Waals surface area (Å²) in [6.07, 6.45) is 2.60. The number of allylic oxidation sites excluding steroid dienone is 2. The maximum Gasteiger partial charge on any atom is 0.407 e. The molecule has 4 rings (SSSR count). The van der Waals surface area contributed by atoms with Gasteiger partial charge in [-0.25, -0.2) is 14.4 Å². The Labute approximate surface area is 321 Å². The first kappa shape index (κ1) is 42.0. The van der Waals surface area contributed by atoms with E-state index in [-0.39, 0.29) is 64.8 Å². The molecule has 13 heteroatoms. The second kappa shape index (κ2) is 22.4. The van der Waals surface area contributed by atoms with Crippen LogP contribution >= 0.6 is 0 Å². The molecule has 3 atom stereocenters. The Morgan fingerprint density at radius 1 is 0.764 bits per heavy atom. The zero-order valence-electron chi connectivity index (χ0n) is 30.8. The zero-order valence-corrected chi connectivity index (χ0v) is 30.8. The van der Waals surface area contributed by atoms with Crippen molar-refractivity contribution in [3.05, 3.63) is 121 Å². The Bertz CT molecular complexity index is 1720. The van der Waals surface area contributed by atoms with Crippen LogP contribution in [0.2, 0.25) is 0 Å². The van der Waals surface area contributed by atoms with Gasteiger partial charge < -0.3 is 40.0 Å². The number of carbonyl (C=O) groups is 5. The van der Waals surface area contributed by atoms with Gasteiger partial charge in [0.05, 0.1) is 25.7 Å². The first-order valence-electron chi connectivity index (χ1n) is 18.2. The molecule has 0 saturated heterocycles. The summed E-state index contributed by atoms with van der Waals surface area (Å²) in [5.41, 5.74) is 4.90. The molecule has 0 bridgehead atoms. The van der Waals surface area contributed by atoms with Crippen molar-refractivity contribution in [3.8, 4) is 11.1 Å². The second-order valence-corrected chi connectivity index (χ2v) is 12.8. The summed E-state index contributed by atoms with van der Waals surface area (Å²) in [5, 5.41) is 16.6. The molecule has 3 amide bonds. The molecule has 0 fully saturated rings. The number of esters is 2. The highest BCUT2D eigenvalue weighted by Gasteiger charge is 2.32. The number of nitrogens with one attached hydrogen (secondary N) is 3. The Balaban J connectivity index is 1.39. The highest BCUT2D eigenvalue weighted by atomic mass is 16.6. The van der Waals surface area contributed by atoms with Crippen LogP contribution in [0.3, 0.4) is 0 Å². The van der Waals surface area contributed by atoms with Gasteiger partial charge in [0.2, 0.25) is 11.8 Å². The topological polar surface area (TPSA) is 179 Å². The minimum Gasteiger partial charge on any atom is -0.461 e. The van der Waals surface area contributed by atoms with Gasteiger partial charge in [-0.2, -0.15) is 0 Å². The maximum absolute atomic E-state index is 13.4. The highest BCUT2D eigenvalue weighted by molar-refractivity contribution is 5.89. The number of alkyl carbamates (subject to hydrolysis) is 1. The molecule has 292 valence electrons. The second-order valence-electron chi connectivity index (χ2n) is 12.8. The molecule has 0 heterocycles. The van der Waals surface area contributed by atoms with Crippen LogP contribution in [0, 0.1) is 5.92 Å². The molecule has 55 heavy (non-hydrogen) atoms. The largest absolute Gasteiger partial charge is 0.461 e. The van der Waals surface area contributed by atoms with Crippen molar-refractivity contribution in [1.82, 2.24) is 16.0 Å². The van der Waals surface area contributed by atoms with Gasteiger partial charge >= 0.3 is 18.0 Å². The van der Waals surface area contributed by atoms with E-state index in [9.17, 15) is 24.0 Å². The van der Waals surface area contributed by atoms with E-state index in [1.807, 2.05) is 54.6 Å². The molecule has 0 unspecified atom stereocenters. The molecule has 3 aromatic rings. The fourth-order valence-electron chi connectivity index (χ4n) is 6.08. The van der Waals surface area contributed by atoms with E-state index < -0.39 is 54.5 Å². The number of aliphatic hydroxyl groups is 1. The molecule has 4 N–H and O–H groups in total. The van der Waals surface area contributed by atoms with Crippen molar-refractivity contribution < 1.29 is 48.0 Å². The Morgan fingerprint density at radius 3 is 2.07 bits per heavy atom. The molecule has 0 aliphatic heterocycles. The lowest BCUT2D eigenvalue weighted by Crippen LogP contribution is -2.49. The number of amides is 3. The number of rotatable bonds is 23. The molecule has 0 aromatic heterocycles. The molecular weight excluding hydrogens is 706 g/mol. The van der Waals surface area contributed by atoms with Gasteiger partial charge in [-0.3, -0.25) is 9.59 Å². The monoisotopic (exact) mass is 755 g/mol. The number of ether oxygens (including phenoxy) is 4. The van der Waals surface area contributed by atoms with Gasteiger partial charge in [-0.1, -0.05) is 91.0 Å². The number of aliphatic hydroxyl groups excluding tert-OH is 1. The highest BCUT2D eigenvalue weighted by Crippen LogP contribution is 2.44. The average Bonchev–Trinajstić information content (AvgIpc) is 3.52. The van der Waals surface area contributed by atoms with Crippen molar-refractivity contribution in [1.29, 1.82) is 0 Å². The van der Waals surface area contributed by atoms with E-state index in [0.717, 1.165) is 22.3 Å². The van der Waals surface area contributed by atoms with Crippen LogP contribution in [0.15, 0.2) is 104 Å². The van der Waals surface area contributed by atoms with E-state index in [2.05, 4.69) is 29.1 Å². The molecule has 0 saturated carbocycles. The third kappa shape index (κ3) is 12.9. The van der Waals surface area contributed by atoms with Crippen LogP contribution in [0.1, 0.15) is 48.3 Å². The predicted octanol–water partition coefficient (Wildman–Crippen LogP) is 4.34. The summed E-state index contributed by atoms with van der Waals surface area (Å²) in [7, 11) is 0. The number of fused-ring (bicyclic) bond motifs is 3. The third-order valence-electron chi connectivity index (χ3n) is 8.85. The normalized spacial score (nSPS) is 13.2. The summed E-state index contributed by atoms with van der Waals surface area (Å²) in [6.45, 7) is 7.01. The number of hydrogen-bond donors (Lipinski definition) is 4. The van der Waals surface area contributed by atoms with E-state index in [1.54, 1.807) is 30.3 Å². The Hall–Kier alpha value is -5.79. The molecule has 3 aromatic carbocycles. The van der Waals surface area contributed by atoms with E-state index in [1.165, 1.54) is 6.08 Å². The van der Waals surface area contributed by atoms with Crippen LogP contribution in [-0.4, -0.2) is 86.6 Å². The average molecular weight is 756 g/mol. The van der Waals surface area contributed by atoms with Crippen molar-refractivity contribution in [2.45, 2.75) is 50.3 Å². The van der Waals surface area contributed by atoms with Gasteiger partial charge in [0, 0.05) is 18.9 Å². The number of benzene rings is 3. The molecule has 0 radical (unpaired) electrons. The minimum absolute atomic E-state index is 0.0336. The van der Waals surface area contributed by atoms with Crippen LogP contribution in [0.5, 0.6) is 0 Å². The molecule has 1 aliphatic rings. The molecular formula is C42H49N3O10. The number of hydrogen-bond acceptors (Lipinski definition) is 10. The van der Waals surface area contributed by atoms with Crippen molar-refractivity contribution in [2.24, 2.45) is 5.92 Å². The van der Waals surface area contributed by atoms with E-state index in [0.29, 0.717) is 12.0 Å². The standard InChI is InChI=1S/C42H49N3O10/c1-3-5-20-36(45-42(51)55-27-35-33-18-11-9-16-31(33)32-17-10-12-19-34(32)35)40(49)54-28-37(41(50)53-26-29-14-7-6-8-15-29)44-39(48)30(13-4-2)25-38(47)43-21-23-52-24-22-46/h3-4,6-12,14-19,30,35-37,46H,1-2,5,13,20-28H2,(H,43,47)(H,44,48)(H,45,51)/t30-,36+,37-/m1/s1. The lowest BCUT2D eigenvalue weighted by Gasteiger charge is -2.23. The first-order chi connectivity index (χ1) is 26.7. The predicted molar refractivity (Wildman–Crippen MR) is 204 cm³/mol. The van der Waals surface area contributed by atoms with Crippen molar-refractivity contribution in [3.63, 3.8) is 0 Å². The summed E-state index contributed by atoms with van der Waals surface area (Å²) in [5.74, 6) is -3.94. The first-order valence-corrected chi connectivity index (χ1v) is 18.2. The third-order valence-corrected chi connectivity index (χ3v) is 8.85. The van der Waals surface area contributed by atoms with Crippen LogP contribution in [-0.2, 0) is 44.7 Å². The van der Waals surface area contributed by atoms with Crippen LogP contribution in [0.4, 0.5) is 4.79 Å². The van der Waals surface area contributed by atoms with E-state index in [4.69, 9.17) is 24.1 Å². The maximum atomic E-state index is 13.4. The smallest absolute Gasteiger partial charge is 0.407 e. The summed E-state index contributed by atoms with van der Waals surface area (Å²) in [4.78, 5) is 65.9. The summed E-state index contributed by atoms with van der Waals surface area (Å²) >= 11 is 0. The molecule has 13 nitrogen and oxygen atoms in total. The lowest BCUT2D eigenvalue weighted by atomic mass is 9.98. The van der Waals surface area contributed by atoms with Gasteiger partial charge in [0.25, 0.3) is 0 Å². The summed E-state index contributed by atoms with van der Waals surface area (Å²) in [6, 6.07) is 22.1. The Kier molecular flexibility index (Phi) is 17.1. The fourth-order valence-corrected chi connectivity index (χ4v) is 6.08. The Morgan fingerprint density at radius 2 is 1.42 bits per heavy atom. The van der Waals surface area contributed by atoms with Crippen molar-refractivity contribution in [2.75, 3.05) is 39.6 Å².